The van der Waals surface area contributed by atoms with Gasteiger partial charge < -0.3 is 4.42 Å². The fourth-order valence-electron chi connectivity index (χ4n) is 1.99. The molecule has 0 saturated heterocycles. The number of sulfonamides is 1. The molecule has 0 saturated carbocycles. The minimum absolute atomic E-state index is 0.00200. The Kier molecular flexibility index (Phi) is 3.58. The normalized spacial score (nSPS) is 11.8. The second kappa shape index (κ2) is 5.30. The second-order valence-electron chi connectivity index (χ2n) is 4.89. The minimum Gasteiger partial charge on any atom is -0.423 e. The van der Waals surface area contributed by atoms with Gasteiger partial charge in [0.25, 0.3) is 10.0 Å². The molecule has 7 heteroatoms. The third-order valence-corrected chi connectivity index (χ3v) is 5.27. The Bertz CT molecular complexity index is 933. The van der Waals surface area contributed by atoms with Crippen LogP contribution in [0, 0.1) is 6.92 Å². The van der Waals surface area contributed by atoms with Gasteiger partial charge in [0.15, 0.2) is 5.58 Å². The molecule has 3 rings (SSSR count). The van der Waals surface area contributed by atoms with E-state index in [9.17, 15) is 8.42 Å². The molecule has 0 aliphatic rings. The van der Waals surface area contributed by atoms with Crippen LogP contribution in [0.1, 0.15) is 5.56 Å². The zero-order valence-electron chi connectivity index (χ0n) is 11.9. The number of aryl methyl sites for hydroxylation is 1. The summed E-state index contributed by atoms with van der Waals surface area (Å²) in [5.74, 6) is 0. The number of hydrogen-bond acceptors (Lipinski definition) is 4. The number of hydrogen-bond donors (Lipinski definition) is 0. The first kappa shape index (κ1) is 14.9. The Morgan fingerprint density at radius 3 is 2.50 bits per heavy atom. The minimum atomic E-state index is -3.72. The van der Waals surface area contributed by atoms with Gasteiger partial charge in [-0.3, -0.25) is 0 Å². The van der Waals surface area contributed by atoms with Crippen molar-refractivity contribution in [2.24, 2.45) is 0 Å². The predicted molar refractivity (Wildman–Crippen MR) is 85.8 cm³/mol. The van der Waals surface area contributed by atoms with Gasteiger partial charge in [-0.15, -0.1) is 0 Å². The van der Waals surface area contributed by atoms with E-state index in [2.05, 4.69) is 4.98 Å². The van der Waals surface area contributed by atoms with Crippen LogP contribution in [0.5, 0.6) is 0 Å². The van der Waals surface area contributed by atoms with E-state index in [0.717, 1.165) is 9.87 Å². The number of rotatable bonds is 3. The topological polar surface area (TPSA) is 63.4 Å². The molecule has 0 bridgehead atoms. The maximum Gasteiger partial charge on any atom is 0.312 e. The van der Waals surface area contributed by atoms with Crippen LogP contribution in [-0.4, -0.2) is 20.4 Å². The average Bonchev–Trinajstić information content (AvgIpc) is 2.89. The number of benzene rings is 2. The van der Waals surface area contributed by atoms with Crippen molar-refractivity contribution in [3.8, 4) is 0 Å². The lowest BCUT2D eigenvalue weighted by molar-refractivity contribution is 0.574. The third-order valence-electron chi connectivity index (χ3n) is 3.29. The number of anilines is 1. The van der Waals surface area contributed by atoms with Crippen LogP contribution < -0.4 is 4.31 Å². The molecule has 22 heavy (non-hydrogen) atoms. The van der Waals surface area contributed by atoms with Crippen molar-refractivity contribution in [2.75, 3.05) is 11.4 Å². The monoisotopic (exact) mass is 336 g/mol. The van der Waals surface area contributed by atoms with Gasteiger partial charge in [-0.25, -0.2) is 12.7 Å². The Hall–Kier alpha value is -2.05. The number of halogens is 1. The smallest absolute Gasteiger partial charge is 0.312 e. The first-order valence-electron chi connectivity index (χ1n) is 6.49. The van der Waals surface area contributed by atoms with Gasteiger partial charge in [0.05, 0.1) is 4.90 Å². The molecule has 0 fully saturated rings. The van der Waals surface area contributed by atoms with E-state index in [0.29, 0.717) is 16.1 Å². The molecule has 0 aliphatic heterocycles. The molecule has 0 N–H and O–H groups in total. The van der Waals surface area contributed by atoms with Gasteiger partial charge >= 0.3 is 6.01 Å². The van der Waals surface area contributed by atoms with Crippen LogP contribution in [0.3, 0.4) is 0 Å². The Morgan fingerprint density at radius 2 is 1.82 bits per heavy atom. The zero-order chi connectivity index (χ0) is 15.9. The summed E-state index contributed by atoms with van der Waals surface area (Å²) < 4.78 is 31.7. The summed E-state index contributed by atoms with van der Waals surface area (Å²) in [5, 5.41) is 0.499. The van der Waals surface area contributed by atoms with Crippen molar-refractivity contribution in [2.45, 2.75) is 11.8 Å². The maximum absolute atomic E-state index is 12.6. The van der Waals surface area contributed by atoms with E-state index in [1.54, 1.807) is 42.5 Å². The summed E-state index contributed by atoms with van der Waals surface area (Å²) in [6, 6.07) is 11.5. The van der Waals surface area contributed by atoms with E-state index in [1.807, 2.05) is 6.92 Å². The largest absolute Gasteiger partial charge is 0.423 e. The SMILES string of the molecule is Cc1ccc(S(=O)(=O)N(C)c2nc3ccc(Cl)cc3o2)cc1. The lowest BCUT2D eigenvalue weighted by Crippen LogP contribution is -2.26. The van der Waals surface area contributed by atoms with E-state index in [4.69, 9.17) is 16.0 Å². The molecule has 114 valence electrons. The number of aromatic nitrogens is 1. The van der Waals surface area contributed by atoms with E-state index in [-0.39, 0.29) is 10.9 Å². The molecular weight excluding hydrogens is 324 g/mol. The van der Waals surface area contributed by atoms with Gasteiger partial charge in [0.2, 0.25) is 0 Å². The lowest BCUT2D eigenvalue weighted by Gasteiger charge is -2.15. The molecule has 0 radical (unpaired) electrons. The molecule has 0 amide bonds. The van der Waals surface area contributed by atoms with Gasteiger partial charge in [-0.1, -0.05) is 29.3 Å². The Balaban J connectivity index is 2.03. The summed E-state index contributed by atoms with van der Waals surface area (Å²) in [4.78, 5) is 4.37. The van der Waals surface area contributed by atoms with Gasteiger partial charge in [0.1, 0.15) is 5.52 Å². The highest BCUT2D eigenvalue weighted by Gasteiger charge is 2.25. The molecule has 1 heterocycles. The highest BCUT2D eigenvalue weighted by molar-refractivity contribution is 7.92. The van der Waals surface area contributed by atoms with E-state index >= 15 is 0 Å². The van der Waals surface area contributed by atoms with Crippen molar-refractivity contribution in [1.29, 1.82) is 0 Å². The van der Waals surface area contributed by atoms with Crippen LogP contribution in [0.25, 0.3) is 11.1 Å². The third kappa shape index (κ3) is 2.55. The van der Waals surface area contributed by atoms with Crippen LogP contribution >= 0.6 is 11.6 Å². The van der Waals surface area contributed by atoms with Crippen LogP contribution in [-0.2, 0) is 10.0 Å². The fourth-order valence-corrected chi connectivity index (χ4v) is 3.23. The standard InChI is InChI=1S/C15H13ClN2O3S/c1-10-3-6-12(7-4-10)22(19,20)18(2)15-17-13-8-5-11(16)9-14(13)21-15/h3-9H,1-2H3. The van der Waals surface area contributed by atoms with Gasteiger partial charge in [-0.2, -0.15) is 4.98 Å². The van der Waals surface area contributed by atoms with Crippen LogP contribution in [0.4, 0.5) is 6.01 Å². The first-order chi connectivity index (χ1) is 10.4. The molecule has 2 aromatic carbocycles. The summed E-state index contributed by atoms with van der Waals surface area (Å²) in [5.41, 5.74) is 1.97. The second-order valence-corrected chi connectivity index (χ2v) is 7.30. The summed E-state index contributed by atoms with van der Waals surface area (Å²) in [7, 11) is -2.32. The lowest BCUT2D eigenvalue weighted by atomic mass is 10.2. The first-order valence-corrected chi connectivity index (χ1v) is 8.31. The maximum atomic E-state index is 12.6. The molecule has 0 unspecified atom stereocenters. The Morgan fingerprint density at radius 1 is 1.14 bits per heavy atom. The zero-order valence-corrected chi connectivity index (χ0v) is 13.5. The van der Waals surface area contributed by atoms with Gasteiger partial charge in [0, 0.05) is 18.1 Å². The summed E-state index contributed by atoms with van der Waals surface area (Å²) >= 11 is 5.89. The molecular formula is C15H13ClN2O3S. The van der Waals surface area contributed by atoms with E-state index < -0.39 is 10.0 Å². The van der Waals surface area contributed by atoms with Crippen molar-refractivity contribution in [3.63, 3.8) is 0 Å². The van der Waals surface area contributed by atoms with Crippen LogP contribution in [0.15, 0.2) is 51.8 Å². The van der Waals surface area contributed by atoms with Crippen molar-refractivity contribution >= 4 is 38.7 Å². The number of oxazole rings is 1. The quantitative estimate of drug-likeness (QED) is 0.733. The predicted octanol–water partition coefficient (Wildman–Crippen LogP) is 3.61. The van der Waals surface area contributed by atoms with E-state index in [1.165, 1.54) is 7.05 Å². The van der Waals surface area contributed by atoms with Crippen molar-refractivity contribution in [3.05, 3.63) is 53.1 Å². The highest BCUT2D eigenvalue weighted by Crippen LogP contribution is 2.27. The molecule has 3 aromatic rings. The Labute approximate surface area is 133 Å². The summed E-state index contributed by atoms with van der Waals surface area (Å²) in [6.45, 7) is 1.89. The highest BCUT2D eigenvalue weighted by atomic mass is 35.5. The van der Waals surface area contributed by atoms with Crippen LogP contribution in [0.2, 0.25) is 5.02 Å². The number of nitrogens with zero attached hydrogens (tertiary/aromatic N) is 2. The average molecular weight is 337 g/mol. The van der Waals surface area contributed by atoms with Crippen molar-refractivity contribution in [1.82, 2.24) is 4.98 Å². The molecule has 0 aliphatic carbocycles. The number of fused-ring (bicyclic) bond motifs is 1. The fraction of sp³-hybridized carbons (Fsp3) is 0.133. The molecule has 1 aromatic heterocycles. The summed E-state index contributed by atoms with van der Waals surface area (Å²) in [6.07, 6.45) is 0. The molecule has 5 nitrogen and oxygen atoms in total. The molecule has 0 atom stereocenters. The van der Waals surface area contributed by atoms with Gasteiger partial charge in [-0.05, 0) is 31.2 Å². The van der Waals surface area contributed by atoms with Crippen molar-refractivity contribution < 1.29 is 12.8 Å². The molecule has 0 spiro atoms.